The maximum atomic E-state index is 13.2. The van der Waals surface area contributed by atoms with Crippen LogP contribution in [0.1, 0.15) is 9.67 Å². The first-order valence-electron chi connectivity index (χ1n) is 7.22. The largest absolute Gasteiger partial charge is 0.497 e. The monoisotopic (exact) mass is 428 g/mol. The van der Waals surface area contributed by atoms with Gasteiger partial charge >= 0.3 is 0 Å². The smallest absolute Gasteiger partial charge is 0.269 e. The Kier molecular flexibility index (Phi) is 5.62. The molecule has 1 heterocycles. The van der Waals surface area contributed by atoms with E-state index in [9.17, 15) is 9.18 Å². The highest BCUT2D eigenvalue weighted by atomic mass is 35.5. The van der Waals surface area contributed by atoms with Gasteiger partial charge in [-0.3, -0.25) is 10.1 Å². The van der Waals surface area contributed by atoms with E-state index in [1.165, 1.54) is 29.5 Å². The van der Waals surface area contributed by atoms with Crippen LogP contribution in [0.4, 0.5) is 10.1 Å². The van der Waals surface area contributed by atoms with Crippen molar-refractivity contribution in [2.45, 2.75) is 0 Å². The molecule has 2 aromatic carbocycles. The highest BCUT2D eigenvalue weighted by molar-refractivity contribution is 7.80. The van der Waals surface area contributed by atoms with Crippen LogP contribution < -0.4 is 15.4 Å². The number of thiophene rings is 1. The molecular weight excluding hydrogens is 418 g/mol. The van der Waals surface area contributed by atoms with Crippen molar-refractivity contribution < 1.29 is 13.9 Å². The molecule has 4 nitrogen and oxygen atoms in total. The summed E-state index contributed by atoms with van der Waals surface area (Å²) in [5.74, 6) is -0.312. The lowest BCUT2D eigenvalue weighted by Crippen LogP contribution is -2.33. The molecule has 9 heteroatoms. The molecule has 1 aromatic heterocycles. The average molecular weight is 429 g/mol. The summed E-state index contributed by atoms with van der Waals surface area (Å²) in [6.07, 6.45) is 0. The maximum Gasteiger partial charge on any atom is 0.269 e. The normalized spacial score (nSPS) is 10.6. The number of benzene rings is 2. The zero-order valence-electron chi connectivity index (χ0n) is 13.2. The van der Waals surface area contributed by atoms with Crippen LogP contribution in [0, 0.1) is 5.82 Å². The lowest BCUT2D eigenvalue weighted by atomic mass is 10.2. The minimum atomic E-state index is -0.542. The second-order valence-electron chi connectivity index (χ2n) is 5.14. The average Bonchev–Trinajstić information content (AvgIpc) is 2.94. The van der Waals surface area contributed by atoms with E-state index < -0.39 is 11.7 Å². The lowest BCUT2D eigenvalue weighted by Gasteiger charge is -2.09. The fraction of sp³-hybridized carbons (Fsp3) is 0.0588. The van der Waals surface area contributed by atoms with Gasteiger partial charge in [-0.05, 0) is 48.6 Å². The van der Waals surface area contributed by atoms with Crippen molar-refractivity contribution in [2.75, 3.05) is 12.4 Å². The summed E-state index contributed by atoms with van der Waals surface area (Å²) in [4.78, 5) is 12.8. The molecule has 3 aromatic rings. The number of halogens is 3. The molecule has 0 aliphatic rings. The number of amides is 1. The minimum absolute atomic E-state index is 0.0452. The SMILES string of the molecule is COc1ccc2c(Cl)c(C(=O)NC(=S)Nc3ccc(F)c(Cl)c3)sc2c1. The van der Waals surface area contributed by atoms with Gasteiger partial charge in [0.05, 0.1) is 17.2 Å². The highest BCUT2D eigenvalue weighted by Gasteiger charge is 2.18. The van der Waals surface area contributed by atoms with E-state index in [2.05, 4.69) is 10.6 Å². The van der Waals surface area contributed by atoms with Crippen molar-refractivity contribution in [2.24, 2.45) is 0 Å². The van der Waals surface area contributed by atoms with Gasteiger partial charge in [-0.25, -0.2) is 4.39 Å². The number of thiocarbonyl (C=S) groups is 1. The van der Waals surface area contributed by atoms with E-state index in [1.54, 1.807) is 25.3 Å². The molecule has 26 heavy (non-hydrogen) atoms. The minimum Gasteiger partial charge on any atom is -0.497 e. The third-order valence-corrected chi connectivity index (χ3v) is 5.60. The van der Waals surface area contributed by atoms with Crippen LogP contribution in [0.5, 0.6) is 5.75 Å². The Hall–Kier alpha value is -1.93. The molecule has 0 aliphatic carbocycles. The lowest BCUT2D eigenvalue weighted by molar-refractivity contribution is 0.0982. The molecule has 0 radical (unpaired) electrons. The van der Waals surface area contributed by atoms with Crippen molar-refractivity contribution in [1.29, 1.82) is 0 Å². The van der Waals surface area contributed by atoms with Crippen LogP contribution in [0.15, 0.2) is 36.4 Å². The molecule has 134 valence electrons. The molecule has 1 amide bonds. The molecular formula is C17H11Cl2FN2O2S2. The Labute approximate surface area is 167 Å². The molecule has 0 unspecified atom stereocenters. The number of fused-ring (bicyclic) bond motifs is 1. The maximum absolute atomic E-state index is 13.2. The first-order valence-corrected chi connectivity index (χ1v) is 9.20. The second kappa shape index (κ2) is 7.75. The standard InChI is InChI=1S/C17H11Cl2FN2O2S2/c1-24-9-3-4-10-13(7-9)26-15(14(10)19)16(23)22-17(25)21-8-2-5-12(20)11(18)6-8/h2-7H,1H3,(H2,21,22,23,25). The summed E-state index contributed by atoms with van der Waals surface area (Å²) in [5.41, 5.74) is 0.453. The van der Waals surface area contributed by atoms with E-state index in [1.807, 2.05) is 0 Å². The predicted octanol–water partition coefficient (Wildman–Crippen LogP) is 5.48. The molecule has 0 fully saturated rings. The van der Waals surface area contributed by atoms with Gasteiger partial charge in [-0.15, -0.1) is 11.3 Å². The van der Waals surface area contributed by atoms with Gasteiger partial charge in [0, 0.05) is 15.8 Å². The number of hydrogen-bond donors (Lipinski definition) is 2. The van der Waals surface area contributed by atoms with Crippen LogP contribution in [0.25, 0.3) is 10.1 Å². The fourth-order valence-electron chi connectivity index (χ4n) is 2.21. The van der Waals surface area contributed by atoms with E-state index in [-0.39, 0.29) is 10.1 Å². The Morgan fingerprint density at radius 3 is 2.69 bits per heavy atom. The Balaban J connectivity index is 1.76. The van der Waals surface area contributed by atoms with E-state index in [4.69, 9.17) is 40.2 Å². The number of hydrogen-bond acceptors (Lipinski definition) is 4. The first kappa shape index (κ1) is 18.8. The summed E-state index contributed by atoms with van der Waals surface area (Å²) >= 11 is 18.4. The number of anilines is 1. The number of rotatable bonds is 3. The molecule has 2 N–H and O–H groups in total. The van der Waals surface area contributed by atoms with E-state index in [0.29, 0.717) is 21.3 Å². The molecule has 0 atom stereocenters. The van der Waals surface area contributed by atoms with Crippen molar-refractivity contribution >= 4 is 73.5 Å². The summed E-state index contributed by atoms with van der Waals surface area (Å²) in [6, 6.07) is 9.39. The number of nitrogens with one attached hydrogen (secondary N) is 2. The molecule has 0 aliphatic heterocycles. The van der Waals surface area contributed by atoms with Gasteiger partial charge in [-0.1, -0.05) is 23.2 Å². The van der Waals surface area contributed by atoms with Crippen LogP contribution in [-0.2, 0) is 0 Å². The van der Waals surface area contributed by atoms with Crippen molar-refractivity contribution in [3.63, 3.8) is 0 Å². The zero-order chi connectivity index (χ0) is 18.8. The Morgan fingerprint density at radius 1 is 1.23 bits per heavy atom. The van der Waals surface area contributed by atoms with Crippen LogP contribution in [0.3, 0.4) is 0 Å². The Bertz CT molecular complexity index is 1020. The molecule has 3 rings (SSSR count). The number of carbonyl (C=O) groups is 1. The van der Waals surface area contributed by atoms with Crippen LogP contribution >= 0.6 is 46.8 Å². The summed E-state index contributed by atoms with van der Waals surface area (Å²) in [7, 11) is 1.57. The highest BCUT2D eigenvalue weighted by Crippen LogP contribution is 2.37. The summed E-state index contributed by atoms with van der Waals surface area (Å²) < 4.78 is 19.2. The Morgan fingerprint density at radius 2 is 2.00 bits per heavy atom. The molecule has 0 spiro atoms. The third-order valence-electron chi connectivity index (χ3n) is 3.45. The fourth-order valence-corrected chi connectivity index (χ4v) is 4.05. The summed E-state index contributed by atoms with van der Waals surface area (Å²) in [5, 5.41) is 6.42. The number of ether oxygens (including phenoxy) is 1. The molecule has 0 saturated carbocycles. The van der Waals surface area contributed by atoms with E-state index >= 15 is 0 Å². The van der Waals surface area contributed by atoms with Gasteiger partial charge in [0.2, 0.25) is 0 Å². The van der Waals surface area contributed by atoms with Crippen molar-refractivity contribution in [1.82, 2.24) is 5.32 Å². The van der Waals surface area contributed by atoms with Crippen molar-refractivity contribution in [3.8, 4) is 5.75 Å². The van der Waals surface area contributed by atoms with Gasteiger partial charge in [-0.2, -0.15) is 0 Å². The zero-order valence-corrected chi connectivity index (χ0v) is 16.4. The van der Waals surface area contributed by atoms with E-state index in [0.717, 1.165) is 10.1 Å². The quantitative estimate of drug-likeness (QED) is 0.542. The van der Waals surface area contributed by atoms with Gasteiger partial charge in [0.25, 0.3) is 5.91 Å². The topological polar surface area (TPSA) is 50.4 Å². The number of carbonyl (C=O) groups excluding carboxylic acids is 1. The third kappa shape index (κ3) is 3.91. The van der Waals surface area contributed by atoms with Crippen molar-refractivity contribution in [3.05, 3.63) is 57.1 Å². The molecule has 0 bridgehead atoms. The van der Waals surface area contributed by atoms with Crippen LogP contribution in [-0.4, -0.2) is 18.1 Å². The van der Waals surface area contributed by atoms with Gasteiger partial charge in [0.1, 0.15) is 16.4 Å². The van der Waals surface area contributed by atoms with Gasteiger partial charge in [0.15, 0.2) is 5.11 Å². The summed E-state index contributed by atoms with van der Waals surface area (Å²) in [6.45, 7) is 0. The first-order chi connectivity index (χ1) is 12.4. The number of methoxy groups -OCH3 is 1. The second-order valence-corrected chi connectivity index (χ2v) is 7.39. The molecule has 0 saturated heterocycles. The van der Waals surface area contributed by atoms with Crippen LogP contribution in [0.2, 0.25) is 10.0 Å². The van der Waals surface area contributed by atoms with Gasteiger partial charge < -0.3 is 10.1 Å². The predicted molar refractivity (Wildman–Crippen MR) is 108 cm³/mol.